The molecule has 1 aromatic rings. The van der Waals surface area contributed by atoms with Crippen LogP contribution in [0.2, 0.25) is 0 Å². The summed E-state index contributed by atoms with van der Waals surface area (Å²) in [5, 5.41) is 0. The Morgan fingerprint density at radius 1 is 1.15 bits per heavy atom. The fraction of sp³-hybridized carbons (Fsp3) is 0.250. The van der Waals surface area contributed by atoms with E-state index in [1.807, 2.05) is 12.8 Å². The first-order valence-electron chi connectivity index (χ1n) is 3.42. The SMILES string of the molecule is CBr.Cc1ccc(S(=O)(=O)O)cc1. The Morgan fingerprint density at radius 2 is 1.54 bits per heavy atom. The van der Waals surface area contributed by atoms with E-state index in [9.17, 15) is 8.42 Å². The van der Waals surface area contributed by atoms with Crippen molar-refractivity contribution in [2.24, 2.45) is 0 Å². The highest BCUT2D eigenvalue weighted by molar-refractivity contribution is 9.08. The van der Waals surface area contributed by atoms with Crippen LogP contribution in [0.1, 0.15) is 5.56 Å². The molecule has 1 N–H and O–H groups in total. The van der Waals surface area contributed by atoms with Crippen molar-refractivity contribution in [1.29, 1.82) is 0 Å². The Bertz CT molecular complexity index is 342. The van der Waals surface area contributed by atoms with E-state index in [0.717, 1.165) is 5.56 Å². The number of benzene rings is 1. The van der Waals surface area contributed by atoms with Gasteiger partial charge in [0.05, 0.1) is 4.90 Å². The zero-order valence-electron chi connectivity index (χ0n) is 7.36. The van der Waals surface area contributed by atoms with Gasteiger partial charge < -0.3 is 0 Å². The number of hydrogen-bond donors (Lipinski definition) is 1. The molecule has 0 saturated heterocycles. The van der Waals surface area contributed by atoms with E-state index in [0.29, 0.717) is 0 Å². The molecule has 13 heavy (non-hydrogen) atoms. The van der Waals surface area contributed by atoms with Gasteiger partial charge in [0.2, 0.25) is 0 Å². The third-order valence-electron chi connectivity index (χ3n) is 1.32. The molecule has 0 amide bonds. The second kappa shape index (κ2) is 5.36. The van der Waals surface area contributed by atoms with Crippen LogP contribution in [0, 0.1) is 6.92 Å². The summed E-state index contributed by atoms with van der Waals surface area (Å²) >= 11 is 2.94. The number of hydrogen-bond acceptors (Lipinski definition) is 2. The molecule has 0 unspecified atom stereocenters. The first kappa shape index (κ1) is 12.6. The van der Waals surface area contributed by atoms with Gasteiger partial charge in [-0.15, -0.1) is 0 Å². The van der Waals surface area contributed by atoms with E-state index in [2.05, 4.69) is 15.9 Å². The van der Waals surface area contributed by atoms with Gasteiger partial charge in [0.25, 0.3) is 10.1 Å². The zero-order valence-corrected chi connectivity index (χ0v) is 9.76. The van der Waals surface area contributed by atoms with Gasteiger partial charge in [-0.2, -0.15) is 8.42 Å². The lowest BCUT2D eigenvalue weighted by molar-refractivity contribution is 0.483. The molecule has 74 valence electrons. The minimum atomic E-state index is -4.02. The Hall–Kier alpha value is -0.390. The lowest BCUT2D eigenvalue weighted by Crippen LogP contribution is -1.96. The van der Waals surface area contributed by atoms with Crippen LogP contribution in [-0.4, -0.2) is 18.8 Å². The van der Waals surface area contributed by atoms with Crippen LogP contribution in [0.15, 0.2) is 29.2 Å². The molecule has 0 radical (unpaired) electrons. The number of aryl methyl sites for hydroxylation is 1. The molecular formula is C8H11BrO3S. The van der Waals surface area contributed by atoms with Gasteiger partial charge in [0.15, 0.2) is 0 Å². The molecule has 0 aliphatic rings. The molecule has 0 aliphatic heterocycles. The average molecular weight is 267 g/mol. The molecular weight excluding hydrogens is 256 g/mol. The van der Waals surface area contributed by atoms with E-state index in [-0.39, 0.29) is 4.90 Å². The van der Waals surface area contributed by atoms with Gasteiger partial charge in [-0.05, 0) is 24.9 Å². The van der Waals surface area contributed by atoms with E-state index >= 15 is 0 Å². The first-order valence-corrected chi connectivity index (χ1v) is 6.45. The topological polar surface area (TPSA) is 54.4 Å². The Balaban J connectivity index is 0.000000671. The summed E-state index contributed by atoms with van der Waals surface area (Å²) in [7, 11) is -4.02. The molecule has 0 aliphatic carbocycles. The van der Waals surface area contributed by atoms with Crippen LogP contribution in [-0.2, 0) is 10.1 Å². The minimum absolute atomic E-state index is 0.0666. The molecule has 0 aromatic heterocycles. The zero-order chi connectivity index (χ0) is 10.5. The highest BCUT2D eigenvalue weighted by Gasteiger charge is 2.06. The fourth-order valence-electron chi connectivity index (χ4n) is 0.710. The molecule has 0 atom stereocenters. The summed E-state index contributed by atoms with van der Waals surface area (Å²) in [4.78, 5) is -0.0666. The summed E-state index contributed by atoms with van der Waals surface area (Å²) in [5.74, 6) is 1.81. The van der Waals surface area contributed by atoms with Gasteiger partial charge in [0, 0.05) is 0 Å². The molecule has 0 bridgehead atoms. The molecule has 0 heterocycles. The van der Waals surface area contributed by atoms with Crippen molar-refractivity contribution in [3.8, 4) is 0 Å². The van der Waals surface area contributed by atoms with E-state index in [4.69, 9.17) is 4.55 Å². The van der Waals surface area contributed by atoms with Gasteiger partial charge >= 0.3 is 0 Å². The lowest BCUT2D eigenvalue weighted by atomic mass is 10.2. The summed E-state index contributed by atoms with van der Waals surface area (Å²) < 4.78 is 29.6. The summed E-state index contributed by atoms with van der Waals surface area (Å²) in [6.07, 6.45) is 0. The minimum Gasteiger partial charge on any atom is -0.282 e. The molecule has 0 spiro atoms. The predicted octanol–water partition coefficient (Wildman–Crippen LogP) is 2.25. The number of rotatable bonds is 1. The maximum atomic E-state index is 10.5. The Morgan fingerprint density at radius 3 is 1.85 bits per heavy atom. The van der Waals surface area contributed by atoms with Gasteiger partial charge in [-0.25, -0.2) is 0 Å². The highest BCUT2D eigenvalue weighted by atomic mass is 79.9. The Kier molecular flexibility index (Phi) is 5.20. The van der Waals surface area contributed by atoms with Crippen molar-refractivity contribution in [2.75, 3.05) is 5.83 Å². The van der Waals surface area contributed by atoms with Crippen LogP contribution >= 0.6 is 15.9 Å². The molecule has 0 saturated carbocycles. The van der Waals surface area contributed by atoms with Gasteiger partial charge in [-0.3, -0.25) is 4.55 Å². The molecule has 0 fully saturated rings. The van der Waals surface area contributed by atoms with Crippen molar-refractivity contribution < 1.29 is 13.0 Å². The van der Waals surface area contributed by atoms with Crippen LogP contribution in [0.5, 0.6) is 0 Å². The summed E-state index contributed by atoms with van der Waals surface area (Å²) in [6, 6.07) is 5.99. The average Bonchev–Trinajstić information content (AvgIpc) is 2.07. The Labute approximate surface area is 86.7 Å². The summed E-state index contributed by atoms with van der Waals surface area (Å²) in [5.41, 5.74) is 0.956. The second-order valence-electron chi connectivity index (χ2n) is 2.29. The summed E-state index contributed by atoms with van der Waals surface area (Å²) in [6.45, 7) is 1.84. The van der Waals surface area contributed by atoms with E-state index < -0.39 is 10.1 Å². The van der Waals surface area contributed by atoms with Gasteiger partial charge in [-0.1, -0.05) is 33.6 Å². The van der Waals surface area contributed by atoms with Crippen molar-refractivity contribution in [2.45, 2.75) is 11.8 Å². The number of alkyl halides is 1. The van der Waals surface area contributed by atoms with Crippen LogP contribution < -0.4 is 0 Å². The molecule has 1 rings (SSSR count). The molecule has 1 aromatic carbocycles. The smallest absolute Gasteiger partial charge is 0.282 e. The van der Waals surface area contributed by atoms with Crippen LogP contribution in [0.4, 0.5) is 0 Å². The third-order valence-corrected chi connectivity index (χ3v) is 2.19. The lowest BCUT2D eigenvalue weighted by Gasteiger charge is -1.95. The quantitative estimate of drug-likeness (QED) is 0.627. The third kappa shape index (κ3) is 4.40. The predicted molar refractivity (Wildman–Crippen MR) is 55.8 cm³/mol. The van der Waals surface area contributed by atoms with E-state index in [1.54, 1.807) is 12.1 Å². The molecule has 3 nitrogen and oxygen atoms in total. The van der Waals surface area contributed by atoms with E-state index in [1.165, 1.54) is 12.1 Å². The van der Waals surface area contributed by atoms with Gasteiger partial charge in [0.1, 0.15) is 0 Å². The van der Waals surface area contributed by atoms with Crippen LogP contribution in [0.3, 0.4) is 0 Å². The normalized spacial score (nSPS) is 10.2. The fourth-order valence-corrected chi connectivity index (χ4v) is 1.19. The maximum absolute atomic E-state index is 10.5. The maximum Gasteiger partial charge on any atom is 0.294 e. The number of halogens is 1. The highest BCUT2D eigenvalue weighted by Crippen LogP contribution is 2.08. The monoisotopic (exact) mass is 266 g/mol. The van der Waals surface area contributed by atoms with Crippen molar-refractivity contribution in [1.82, 2.24) is 0 Å². The van der Waals surface area contributed by atoms with Crippen molar-refractivity contribution in [3.05, 3.63) is 29.8 Å². The first-order chi connectivity index (χ1) is 6.00. The van der Waals surface area contributed by atoms with Crippen molar-refractivity contribution >= 4 is 26.0 Å². The molecule has 5 heteroatoms. The standard InChI is InChI=1S/C7H8O3S.CH3Br/c1-6-2-4-7(5-3-6)11(8,9)10;1-2/h2-5H,1H3,(H,8,9,10);1H3. The largest absolute Gasteiger partial charge is 0.294 e. The second-order valence-corrected chi connectivity index (χ2v) is 3.71. The van der Waals surface area contributed by atoms with Crippen molar-refractivity contribution in [3.63, 3.8) is 0 Å². The van der Waals surface area contributed by atoms with Crippen LogP contribution in [0.25, 0.3) is 0 Å².